The molecule has 186 valence electrons. The van der Waals surface area contributed by atoms with Crippen molar-refractivity contribution in [1.82, 2.24) is 0 Å². The molecule has 0 fully saturated rings. The van der Waals surface area contributed by atoms with E-state index in [1.807, 2.05) is 42.5 Å². The molecule has 0 heteroatoms. The smallest absolute Gasteiger partial charge is 0.0622 e. The monoisotopic (exact) mass is 515 g/mol. The van der Waals surface area contributed by atoms with E-state index in [9.17, 15) is 2.74 Å². The summed E-state index contributed by atoms with van der Waals surface area (Å²) in [6.45, 7) is 0. The molecular weight excluding hydrogens is 480 g/mol. The molecule has 0 aromatic heterocycles. The molecule has 0 spiro atoms. The van der Waals surface area contributed by atoms with Crippen molar-refractivity contribution in [2.75, 3.05) is 0 Å². The first-order valence-electron chi connectivity index (χ1n) is 17.6. The first-order valence-corrected chi connectivity index (χ1v) is 13.1. The average molecular weight is 516 g/mol. The van der Waals surface area contributed by atoms with Gasteiger partial charge in [-0.15, -0.1) is 0 Å². The lowest BCUT2D eigenvalue weighted by molar-refractivity contribution is 1.65. The van der Waals surface area contributed by atoms with Gasteiger partial charge in [-0.1, -0.05) is 151 Å². The molecule has 8 rings (SSSR count). The van der Waals surface area contributed by atoms with Crippen molar-refractivity contribution in [2.45, 2.75) is 0 Å². The van der Waals surface area contributed by atoms with Crippen LogP contribution < -0.4 is 0 Å². The number of rotatable bonds is 3. The topological polar surface area (TPSA) is 0 Å². The largest absolute Gasteiger partial charge is 0.0629 e. The molecule has 8 aromatic rings. The molecule has 0 amide bonds. The van der Waals surface area contributed by atoms with E-state index in [2.05, 4.69) is 36.4 Å². The van der Waals surface area contributed by atoms with Crippen molar-refractivity contribution in [2.24, 2.45) is 0 Å². The number of benzene rings is 8. The zero-order chi connectivity index (χ0) is 34.3. The second-order valence-corrected chi connectivity index (χ2v) is 9.76. The maximum Gasteiger partial charge on any atom is 0.0629 e. The predicted octanol–water partition coefficient (Wildman–Crippen LogP) is 11.3. The van der Waals surface area contributed by atoms with Gasteiger partial charge in [-0.2, -0.15) is 0 Å². The van der Waals surface area contributed by atoms with Crippen molar-refractivity contribution in [3.63, 3.8) is 0 Å². The summed E-state index contributed by atoms with van der Waals surface area (Å²) < 4.78 is 79.4. The fourth-order valence-electron chi connectivity index (χ4n) is 5.86. The van der Waals surface area contributed by atoms with Gasteiger partial charge in [0.25, 0.3) is 0 Å². The third-order valence-corrected chi connectivity index (χ3v) is 7.58. The van der Waals surface area contributed by atoms with Crippen LogP contribution in [0.4, 0.5) is 0 Å². The fourth-order valence-corrected chi connectivity index (χ4v) is 5.86. The molecule has 0 N–H and O–H groups in total. The summed E-state index contributed by atoms with van der Waals surface area (Å²) in [6, 6.07) is 29.8. The van der Waals surface area contributed by atoms with Crippen LogP contribution in [-0.4, -0.2) is 0 Å². The Morgan fingerprint density at radius 2 is 0.925 bits per heavy atom. The molecule has 0 unspecified atom stereocenters. The minimum absolute atomic E-state index is 0.0252. The molecule has 0 aliphatic rings. The second-order valence-electron chi connectivity index (χ2n) is 9.76. The van der Waals surface area contributed by atoms with Gasteiger partial charge in [-0.05, 0) is 82.5 Å². The molecule has 8 aromatic carbocycles. The Bertz CT molecular complexity index is 2620. The summed E-state index contributed by atoms with van der Waals surface area (Å²) in [5.41, 5.74) is 3.12. The molecule has 0 saturated heterocycles. The zero-order valence-electron chi connectivity index (χ0n) is 30.3. The van der Waals surface area contributed by atoms with E-state index >= 15 is 0 Å². The molecular formula is C40H26. The SMILES string of the molecule is [2H]c1c([2H])c([2H])c(-c2c3c([2H])ccc([2H])c3c(-c3cccc4c(-c5ccc6ccccc6c5)cccc34)c3c([2H])ccc([2H])c23)c([2H])c1[2H]. The van der Waals surface area contributed by atoms with Gasteiger partial charge in [0, 0.05) is 0 Å². The Kier molecular flexibility index (Phi) is 3.55. The quantitative estimate of drug-likeness (QED) is 0.205. The van der Waals surface area contributed by atoms with Crippen molar-refractivity contribution in [3.8, 4) is 33.4 Å². The van der Waals surface area contributed by atoms with Crippen LogP contribution in [0.1, 0.15) is 12.3 Å². The molecule has 0 atom stereocenters. The lowest BCUT2D eigenvalue weighted by atomic mass is 9.84. The molecule has 0 bridgehead atoms. The summed E-state index contributed by atoms with van der Waals surface area (Å²) in [4.78, 5) is 0. The molecule has 0 saturated carbocycles. The second kappa shape index (κ2) is 9.22. The third kappa shape index (κ3) is 3.54. The highest BCUT2D eigenvalue weighted by molar-refractivity contribution is 6.24. The highest BCUT2D eigenvalue weighted by atomic mass is 14.2. The van der Waals surface area contributed by atoms with Crippen molar-refractivity contribution in [3.05, 3.63) is 158 Å². The Hall–Kier alpha value is -5.20. The highest BCUT2D eigenvalue weighted by Gasteiger charge is 2.18. The normalized spacial score (nSPS) is 14.7. The van der Waals surface area contributed by atoms with E-state index in [1.165, 1.54) is 24.3 Å². The third-order valence-electron chi connectivity index (χ3n) is 7.58. The zero-order valence-corrected chi connectivity index (χ0v) is 21.3. The Labute approximate surface area is 246 Å². The summed E-state index contributed by atoms with van der Waals surface area (Å²) >= 11 is 0. The first kappa shape index (κ1) is 15.4. The molecule has 0 aliphatic heterocycles. The van der Waals surface area contributed by atoms with E-state index in [1.54, 1.807) is 0 Å². The van der Waals surface area contributed by atoms with Crippen LogP contribution in [-0.2, 0) is 0 Å². The van der Waals surface area contributed by atoms with Gasteiger partial charge in [0.2, 0.25) is 0 Å². The summed E-state index contributed by atoms with van der Waals surface area (Å²) in [5.74, 6) is 0. The maximum atomic E-state index is 9.21. The number of hydrogen-bond acceptors (Lipinski definition) is 0. The van der Waals surface area contributed by atoms with Crippen LogP contribution >= 0.6 is 0 Å². The maximum absolute atomic E-state index is 9.21. The van der Waals surface area contributed by atoms with Crippen LogP contribution in [0.25, 0.3) is 76.5 Å². The van der Waals surface area contributed by atoms with E-state index in [0.717, 1.165) is 32.7 Å². The van der Waals surface area contributed by atoms with Gasteiger partial charge in [0.05, 0.1) is 12.3 Å². The molecule has 40 heavy (non-hydrogen) atoms. The van der Waals surface area contributed by atoms with E-state index in [4.69, 9.17) is 9.60 Å². The molecule has 0 radical (unpaired) electrons. The Balaban J connectivity index is 1.56. The number of hydrogen-bond donors (Lipinski definition) is 0. The molecule has 0 aliphatic carbocycles. The van der Waals surface area contributed by atoms with Gasteiger partial charge < -0.3 is 0 Å². The van der Waals surface area contributed by atoms with E-state index < -0.39 is 30.2 Å². The van der Waals surface area contributed by atoms with Crippen LogP contribution in [0.15, 0.2) is 158 Å². The summed E-state index contributed by atoms with van der Waals surface area (Å²) in [5, 5.41) is 5.02. The van der Waals surface area contributed by atoms with Gasteiger partial charge in [0.1, 0.15) is 0 Å². The lowest BCUT2D eigenvalue weighted by Gasteiger charge is -2.19. The summed E-state index contributed by atoms with van der Waals surface area (Å²) in [6.07, 6.45) is 0. The van der Waals surface area contributed by atoms with Crippen molar-refractivity contribution in [1.29, 1.82) is 0 Å². The predicted molar refractivity (Wildman–Crippen MR) is 173 cm³/mol. The Morgan fingerprint density at radius 3 is 1.60 bits per heavy atom. The van der Waals surface area contributed by atoms with Gasteiger partial charge >= 0.3 is 0 Å². The van der Waals surface area contributed by atoms with Crippen LogP contribution in [0.5, 0.6) is 0 Å². The standard InChI is InChI=1S/C40H26/c1-2-13-28(14-3-1)39-35-16-6-8-18-37(35)40(38-19-9-7-17-36(38)39)34-23-11-21-32-31(20-10-22-33(32)34)30-25-24-27-12-4-5-15-29(27)26-30/h1-26H/i1D,2D,3D,13D,14D,16D,17D,18D,19D. The van der Waals surface area contributed by atoms with E-state index in [0.29, 0.717) is 21.9 Å². The van der Waals surface area contributed by atoms with Crippen molar-refractivity contribution >= 4 is 43.1 Å². The van der Waals surface area contributed by atoms with Gasteiger partial charge in [-0.3, -0.25) is 0 Å². The van der Waals surface area contributed by atoms with Crippen LogP contribution in [0.2, 0.25) is 0 Å². The minimum Gasteiger partial charge on any atom is -0.0622 e. The van der Waals surface area contributed by atoms with Crippen LogP contribution in [0, 0.1) is 0 Å². The lowest BCUT2D eigenvalue weighted by Crippen LogP contribution is -1.92. The number of fused-ring (bicyclic) bond motifs is 4. The van der Waals surface area contributed by atoms with E-state index in [-0.39, 0.29) is 46.1 Å². The molecule has 0 heterocycles. The summed E-state index contributed by atoms with van der Waals surface area (Å²) in [7, 11) is 0. The first-order chi connectivity index (χ1) is 23.6. The van der Waals surface area contributed by atoms with Crippen molar-refractivity contribution < 1.29 is 12.3 Å². The van der Waals surface area contributed by atoms with Gasteiger partial charge in [0.15, 0.2) is 0 Å². The average Bonchev–Trinajstić information content (AvgIpc) is 3.12. The minimum atomic E-state index is -0.554. The van der Waals surface area contributed by atoms with Crippen LogP contribution in [0.3, 0.4) is 0 Å². The highest BCUT2D eigenvalue weighted by Crippen LogP contribution is 2.46. The fraction of sp³-hybridized carbons (Fsp3) is 0. The molecule has 0 nitrogen and oxygen atoms in total. The Morgan fingerprint density at radius 1 is 0.350 bits per heavy atom. The van der Waals surface area contributed by atoms with Gasteiger partial charge in [-0.25, -0.2) is 0 Å².